The summed E-state index contributed by atoms with van der Waals surface area (Å²) in [6, 6.07) is -2.86. The summed E-state index contributed by atoms with van der Waals surface area (Å²) in [5.74, 6) is -19.0. The number of piperidine rings is 1. The summed E-state index contributed by atoms with van der Waals surface area (Å²) >= 11 is 0.786. The van der Waals surface area contributed by atoms with Gasteiger partial charge in [0.1, 0.15) is 90.3 Å². The number of amides is 17. The van der Waals surface area contributed by atoms with Gasteiger partial charge < -0.3 is 130 Å². The van der Waals surface area contributed by atoms with Crippen molar-refractivity contribution in [2.45, 2.75) is 239 Å². The Kier molecular flexibility index (Phi) is 38.5. The van der Waals surface area contributed by atoms with Gasteiger partial charge in [-0.1, -0.05) is 88.1 Å². The number of carboxylic acid groups (broad SMARTS) is 1. The number of thioether (sulfide) groups is 1. The van der Waals surface area contributed by atoms with Crippen molar-refractivity contribution in [1.29, 1.82) is 0 Å². The van der Waals surface area contributed by atoms with E-state index in [1.54, 1.807) is 60.9 Å². The third-order valence-electron chi connectivity index (χ3n) is 24.8. The molecule has 4 aliphatic heterocycles. The van der Waals surface area contributed by atoms with E-state index in [1.807, 2.05) is 13.8 Å². The Morgan fingerprint density at radius 2 is 1.04 bits per heavy atom. The molecule has 0 saturated carbocycles. The van der Waals surface area contributed by atoms with Crippen molar-refractivity contribution in [3.8, 4) is 5.75 Å². The normalized spacial score (nSPS) is 25.1. The van der Waals surface area contributed by atoms with E-state index in [0.717, 1.165) is 31.4 Å². The number of carbonyl (C=O) groups excluding carboxylic acids is 17. The van der Waals surface area contributed by atoms with Crippen LogP contribution in [0.1, 0.15) is 145 Å². The van der Waals surface area contributed by atoms with Gasteiger partial charge in [0.15, 0.2) is 0 Å². The van der Waals surface area contributed by atoms with Crippen LogP contribution in [0.4, 0.5) is 0 Å². The van der Waals surface area contributed by atoms with Crippen LogP contribution in [-0.4, -0.2) is 327 Å². The molecule has 4 fully saturated rings. The first-order chi connectivity index (χ1) is 65.1. The Bertz CT molecular complexity index is 5270. The molecule has 136 heavy (non-hydrogen) atoms. The molecular weight excluding hydrogens is 1790 g/mol. The molecule has 0 aliphatic carbocycles. The number of para-hydroxylation sites is 2. The van der Waals surface area contributed by atoms with Gasteiger partial charge in [0.25, 0.3) is 0 Å². The quantitative estimate of drug-likeness (QED) is 0.0256. The van der Waals surface area contributed by atoms with Gasteiger partial charge in [0.05, 0.1) is 37.8 Å². The van der Waals surface area contributed by atoms with E-state index in [2.05, 4.69) is 73.1 Å². The molecule has 3 aromatic heterocycles. The number of carboxylic acids is 1. The van der Waals surface area contributed by atoms with E-state index in [1.165, 1.54) is 55.8 Å². The summed E-state index contributed by atoms with van der Waals surface area (Å²) in [5.41, 5.74) is 20.0. The zero-order valence-electron chi connectivity index (χ0n) is 76.4. The van der Waals surface area contributed by atoms with Gasteiger partial charge in [-0.25, -0.2) is 4.98 Å². The van der Waals surface area contributed by atoms with Gasteiger partial charge in [0, 0.05) is 124 Å². The molecule has 45 heteroatoms. The predicted octanol–water partition coefficient (Wildman–Crippen LogP) is -3.10. The number of phenols is 1. The molecule has 736 valence electrons. The molecule has 0 spiro atoms. The number of nitrogens with one attached hydrogen (secondary N) is 13. The predicted molar refractivity (Wildman–Crippen MR) is 493 cm³/mol. The number of likely N-dealkylation sites (N-methyl/N-ethyl adjacent to an activating group) is 2. The molecule has 17 amide bonds. The number of primary amides is 2. The van der Waals surface area contributed by atoms with Gasteiger partial charge in [-0.2, -0.15) is 0 Å². The summed E-state index contributed by atoms with van der Waals surface area (Å²) in [5, 5.41) is 70.5. The van der Waals surface area contributed by atoms with E-state index >= 15 is 47.9 Å². The van der Waals surface area contributed by atoms with Crippen molar-refractivity contribution in [2.24, 2.45) is 17.2 Å². The van der Waals surface area contributed by atoms with Crippen LogP contribution in [-0.2, 0) is 112 Å². The number of hydrogen-bond donors (Lipinski definition) is 20. The third kappa shape index (κ3) is 28.3. The van der Waals surface area contributed by atoms with Crippen molar-refractivity contribution >= 4 is 140 Å². The standard InChI is InChI=1S/C91H124N22O22S/c1-5-7-22-69-83(127)101-60(21-15-32-92)79(123)108-68(78(122)98-44-75(94)118)47-136-48-76(119)100-64(35-50-26-28-54(115)29-27-50)89(133)111-33-14-13-24-70(111)85(129)106-66(40-74(93)117)90(134)112-34-16-25-71(112)84(128)104-63(38-53-43-95-49-99-53)81(125)102-61(30-31-77(120)121)88(132)113-45-55(116)39-73(113)86(130)103-62(36-51-41-96-58-19-11-9-17-56(51)58)80(124)107-67(46-114)82(126)105-65(37-52-42-97-59-20-12-10-18-57(52)59)87(131)110(4)72(23-8-6-2)91(135)109(69)3/h9-12,17-20,26-29,41-43,49,55,60-73,96-97,114-116H,5-8,13-16,21-25,30-40,44-48,92H2,1-4H3,(H2,93,117)(H2,94,118)(H,95,99)(H,98,122)(H,100,119)(H,101,127)(H,102,125)(H,103,130)(H,104,128)(H,105,126)(H,106,129)(H,107,124)(H,108,123)(H,120,121)/t55-,60+,61+,62+,63+,64+,65+,66+,67+,68+,69+,70+,71+,72+,73+/m1/s1. The van der Waals surface area contributed by atoms with Crippen LogP contribution in [0.15, 0.2) is 97.7 Å². The molecular formula is C91H124N22O22S. The minimum atomic E-state index is -1.93. The first-order valence-corrected chi connectivity index (χ1v) is 46.9. The lowest BCUT2D eigenvalue weighted by Gasteiger charge is -2.38. The number of benzene rings is 3. The number of carbonyl (C=O) groups is 18. The maximum Gasteiger partial charge on any atom is 0.303 e. The van der Waals surface area contributed by atoms with Crippen LogP contribution in [0.25, 0.3) is 21.8 Å². The average Bonchev–Trinajstić information content (AvgIpc) is 1.74. The molecule has 7 heterocycles. The Morgan fingerprint density at radius 3 is 1.63 bits per heavy atom. The zero-order chi connectivity index (χ0) is 98.6. The number of phenolic OH excluding ortho intramolecular Hbond substituents is 1. The van der Waals surface area contributed by atoms with Gasteiger partial charge in [0.2, 0.25) is 100 Å². The second-order valence-corrected chi connectivity index (χ2v) is 35.7. The van der Waals surface area contributed by atoms with Gasteiger partial charge in [-0.3, -0.25) is 86.3 Å². The van der Waals surface area contributed by atoms with Crippen LogP contribution < -0.4 is 70.4 Å². The molecule has 10 rings (SSSR count). The fourth-order valence-electron chi connectivity index (χ4n) is 17.4. The zero-order valence-corrected chi connectivity index (χ0v) is 77.2. The third-order valence-corrected chi connectivity index (χ3v) is 25.8. The van der Waals surface area contributed by atoms with Crippen LogP contribution in [0.5, 0.6) is 5.75 Å². The van der Waals surface area contributed by atoms with Crippen LogP contribution in [0, 0.1) is 0 Å². The molecule has 0 radical (unpaired) electrons. The van der Waals surface area contributed by atoms with E-state index in [0.29, 0.717) is 77.0 Å². The summed E-state index contributed by atoms with van der Waals surface area (Å²) in [7, 11) is 2.68. The monoisotopic (exact) mass is 1910 g/mol. The number of aromatic nitrogens is 4. The topological polar surface area (TPSA) is 663 Å². The largest absolute Gasteiger partial charge is 0.508 e. The van der Waals surface area contributed by atoms with Gasteiger partial charge in [-0.05, 0) is 112 Å². The average molecular weight is 1910 g/mol. The number of aromatic hydroxyl groups is 1. The number of hydrogen-bond acceptors (Lipinski definition) is 24. The lowest BCUT2D eigenvalue weighted by molar-refractivity contribution is -0.149. The smallest absolute Gasteiger partial charge is 0.303 e. The summed E-state index contributed by atoms with van der Waals surface area (Å²) in [4.78, 5) is 282. The van der Waals surface area contributed by atoms with E-state index in [9.17, 15) is 58.8 Å². The fraction of sp³-hybridized carbons (Fsp3) is 0.527. The molecule has 44 nitrogen and oxygen atoms in total. The highest BCUT2D eigenvalue weighted by Crippen LogP contribution is 2.29. The van der Waals surface area contributed by atoms with Crippen LogP contribution in [0.3, 0.4) is 0 Å². The summed E-state index contributed by atoms with van der Waals surface area (Å²) < 4.78 is 0. The van der Waals surface area contributed by atoms with E-state index < -0.39 is 260 Å². The lowest BCUT2D eigenvalue weighted by atomic mass is 9.97. The number of H-pyrrole nitrogens is 3. The highest BCUT2D eigenvalue weighted by molar-refractivity contribution is 8.00. The van der Waals surface area contributed by atoms with Crippen molar-refractivity contribution in [3.63, 3.8) is 0 Å². The summed E-state index contributed by atoms with van der Waals surface area (Å²) in [6.45, 7) is 0.981. The minimum absolute atomic E-state index is 0.00228. The van der Waals surface area contributed by atoms with Crippen molar-refractivity contribution in [1.82, 2.24) is 97.6 Å². The fourth-order valence-corrected chi connectivity index (χ4v) is 18.3. The van der Waals surface area contributed by atoms with Crippen molar-refractivity contribution in [3.05, 3.63) is 120 Å². The first-order valence-electron chi connectivity index (χ1n) is 45.8. The number of nitrogens with two attached hydrogens (primary N) is 3. The first kappa shape index (κ1) is 105. The molecule has 4 aliphatic rings. The Hall–Kier alpha value is -13.6. The Labute approximate surface area is 787 Å². The van der Waals surface area contributed by atoms with Crippen molar-refractivity contribution in [2.75, 3.05) is 64.9 Å². The number of unbranched alkanes of at least 4 members (excludes halogenated alkanes) is 2. The van der Waals surface area contributed by atoms with Crippen LogP contribution in [0.2, 0.25) is 0 Å². The number of rotatable bonds is 26. The lowest BCUT2D eigenvalue weighted by Crippen LogP contribution is -2.62. The number of aliphatic hydroxyl groups is 2. The van der Waals surface area contributed by atoms with E-state index in [4.69, 9.17) is 17.2 Å². The number of fused-ring (bicyclic) bond motifs is 5. The Balaban J connectivity index is 1.02. The second kappa shape index (κ2) is 50.1. The summed E-state index contributed by atoms with van der Waals surface area (Å²) in [6.07, 6.45) is 2.55. The SMILES string of the molecule is CCCC[C@H]1C(=O)N(C)[C@@H](CCCC)C(=O)N[C@@H](CCCN)C(=O)N[C@H](C(=O)NCC(N)=O)CSCC(=O)N[C@@H](Cc2ccc(O)cc2)C(=O)N2CCCC[C@H]2C(=O)N[C@@H](CC(N)=O)C(=O)N2CCC[C@H]2C(=O)N[C@@H](Cc2cnc[nH]2)C(=O)N[C@@H](CCC(=O)O)C(=O)N2C[C@H](O)C[C@H]2C(=O)N[C@@H](Cc2c[nH]c3ccccc23)C(=O)N[C@@H](CO)C(=O)N[C@@H](Cc2c[nH]c3ccccc23)C(=O)N1C. The second-order valence-electron chi connectivity index (χ2n) is 34.6. The van der Waals surface area contributed by atoms with Gasteiger partial charge in [-0.15, -0.1) is 11.8 Å². The maximum atomic E-state index is 15.7. The molecule has 3 aromatic carbocycles. The maximum absolute atomic E-state index is 15.7. The number of nitrogens with zero attached hydrogens (tertiary/aromatic N) is 6. The highest BCUT2D eigenvalue weighted by atomic mass is 32.2. The van der Waals surface area contributed by atoms with Gasteiger partial charge >= 0.3 is 5.97 Å². The molecule has 4 saturated heterocycles. The number of aliphatic carboxylic acids is 1. The minimum Gasteiger partial charge on any atom is -0.508 e. The molecule has 0 unspecified atom stereocenters. The van der Waals surface area contributed by atoms with E-state index in [-0.39, 0.29) is 95.3 Å². The number of aliphatic hydroxyl groups excluding tert-OH is 2. The Morgan fingerprint density at radius 1 is 0.515 bits per heavy atom. The highest BCUT2D eigenvalue weighted by Gasteiger charge is 2.47. The number of aromatic amines is 3. The molecule has 0 bridgehead atoms. The van der Waals surface area contributed by atoms with Crippen molar-refractivity contribution < 1.29 is 107 Å². The number of imidazole rings is 1. The molecule has 15 atom stereocenters. The van der Waals surface area contributed by atoms with Crippen LogP contribution >= 0.6 is 11.8 Å². The molecule has 23 N–H and O–H groups in total. The molecule has 6 aromatic rings.